The summed E-state index contributed by atoms with van der Waals surface area (Å²) in [4.78, 5) is 0. The molecule has 0 saturated heterocycles. The second-order valence-corrected chi connectivity index (χ2v) is 4.78. The number of methoxy groups -OCH3 is 1. The van der Waals surface area contributed by atoms with E-state index < -0.39 is 0 Å². The van der Waals surface area contributed by atoms with Crippen molar-refractivity contribution in [1.82, 2.24) is 5.43 Å². The van der Waals surface area contributed by atoms with Gasteiger partial charge < -0.3 is 9.47 Å². The molecule has 1 aromatic rings. The van der Waals surface area contributed by atoms with Gasteiger partial charge in [-0.2, -0.15) is 0 Å². The fourth-order valence-electron chi connectivity index (χ4n) is 1.92. The zero-order valence-electron chi connectivity index (χ0n) is 11.9. The zero-order valence-corrected chi connectivity index (χ0v) is 11.9. The molecule has 0 aliphatic heterocycles. The normalized spacial score (nSPS) is 12.8. The molecule has 0 amide bonds. The van der Waals surface area contributed by atoms with Crippen LogP contribution in [-0.4, -0.2) is 19.8 Å². The standard InChI is InChI=1S/C14H24N2O2/c1-9(2)18-8-13(16-15)12-6-11(4)14(17-5)7-10(12)3/h6-7,9,13,16H,8,15H2,1-5H3. The molecule has 1 aromatic carbocycles. The Hall–Kier alpha value is -1.10. The second kappa shape index (κ2) is 6.73. The maximum atomic E-state index is 5.63. The SMILES string of the molecule is COc1cc(C)c(C(COC(C)C)NN)cc1C. The van der Waals surface area contributed by atoms with E-state index >= 15 is 0 Å². The van der Waals surface area contributed by atoms with Crippen LogP contribution in [0.3, 0.4) is 0 Å². The molecule has 1 atom stereocenters. The number of aryl methyl sites for hydroxylation is 2. The minimum atomic E-state index is -0.00277. The van der Waals surface area contributed by atoms with Gasteiger partial charge in [-0.15, -0.1) is 0 Å². The van der Waals surface area contributed by atoms with Crippen molar-refractivity contribution in [2.45, 2.75) is 39.8 Å². The predicted molar refractivity (Wildman–Crippen MR) is 73.6 cm³/mol. The molecule has 0 bridgehead atoms. The van der Waals surface area contributed by atoms with Crippen LogP contribution in [0.15, 0.2) is 12.1 Å². The number of rotatable bonds is 6. The van der Waals surface area contributed by atoms with Crippen LogP contribution >= 0.6 is 0 Å². The first-order valence-corrected chi connectivity index (χ1v) is 6.22. The van der Waals surface area contributed by atoms with Crippen molar-refractivity contribution >= 4 is 0 Å². The molecule has 1 rings (SSSR count). The van der Waals surface area contributed by atoms with E-state index in [4.69, 9.17) is 15.3 Å². The van der Waals surface area contributed by atoms with Crippen molar-refractivity contribution in [1.29, 1.82) is 0 Å². The minimum Gasteiger partial charge on any atom is -0.496 e. The molecule has 0 radical (unpaired) electrons. The monoisotopic (exact) mass is 252 g/mol. The van der Waals surface area contributed by atoms with Gasteiger partial charge in [0.2, 0.25) is 0 Å². The topological polar surface area (TPSA) is 56.5 Å². The highest BCUT2D eigenvalue weighted by atomic mass is 16.5. The van der Waals surface area contributed by atoms with Crippen LogP contribution in [0.5, 0.6) is 5.75 Å². The lowest BCUT2D eigenvalue weighted by molar-refractivity contribution is 0.0610. The Kier molecular flexibility index (Phi) is 5.59. The van der Waals surface area contributed by atoms with E-state index in [2.05, 4.69) is 18.4 Å². The molecule has 102 valence electrons. The van der Waals surface area contributed by atoms with Crippen molar-refractivity contribution in [3.8, 4) is 5.75 Å². The largest absolute Gasteiger partial charge is 0.496 e. The molecule has 18 heavy (non-hydrogen) atoms. The van der Waals surface area contributed by atoms with Crippen molar-refractivity contribution in [2.24, 2.45) is 5.84 Å². The highest BCUT2D eigenvalue weighted by Crippen LogP contribution is 2.26. The summed E-state index contributed by atoms with van der Waals surface area (Å²) < 4.78 is 10.9. The maximum absolute atomic E-state index is 5.63. The molecular weight excluding hydrogens is 228 g/mol. The maximum Gasteiger partial charge on any atom is 0.122 e. The molecule has 4 heteroatoms. The third-order valence-electron chi connectivity index (χ3n) is 2.96. The Balaban J connectivity index is 2.95. The molecular formula is C14H24N2O2. The summed E-state index contributed by atoms with van der Waals surface area (Å²) in [5.74, 6) is 6.52. The van der Waals surface area contributed by atoms with Crippen LogP contribution in [0.1, 0.15) is 36.6 Å². The Labute approximate surface area is 109 Å². The molecule has 0 aliphatic carbocycles. The second-order valence-electron chi connectivity index (χ2n) is 4.78. The average Bonchev–Trinajstić information content (AvgIpc) is 2.33. The first-order valence-electron chi connectivity index (χ1n) is 6.22. The van der Waals surface area contributed by atoms with Crippen LogP contribution in [0.2, 0.25) is 0 Å². The van der Waals surface area contributed by atoms with Gasteiger partial charge in [-0.1, -0.05) is 6.07 Å². The van der Waals surface area contributed by atoms with Crippen molar-refractivity contribution in [3.05, 3.63) is 28.8 Å². The summed E-state index contributed by atoms with van der Waals surface area (Å²) in [7, 11) is 1.68. The molecule has 4 nitrogen and oxygen atoms in total. The highest BCUT2D eigenvalue weighted by molar-refractivity contribution is 5.42. The van der Waals surface area contributed by atoms with Crippen molar-refractivity contribution < 1.29 is 9.47 Å². The molecule has 0 fully saturated rings. The Morgan fingerprint density at radius 2 is 1.89 bits per heavy atom. The number of nitrogens with one attached hydrogen (secondary N) is 1. The van der Waals surface area contributed by atoms with Gasteiger partial charge in [-0.05, 0) is 50.5 Å². The fourth-order valence-corrected chi connectivity index (χ4v) is 1.92. The first kappa shape index (κ1) is 15.0. The summed E-state index contributed by atoms with van der Waals surface area (Å²) in [6, 6.07) is 4.13. The first-order chi connectivity index (χ1) is 8.49. The Morgan fingerprint density at radius 1 is 1.22 bits per heavy atom. The summed E-state index contributed by atoms with van der Waals surface area (Å²) in [6.07, 6.45) is 0.195. The van der Waals surface area contributed by atoms with Gasteiger partial charge in [0.05, 0.1) is 25.9 Å². The van der Waals surface area contributed by atoms with Gasteiger partial charge >= 0.3 is 0 Å². The average molecular weight is 252 g/mol. The number of hydrogen-bond donors (Lipinski definition) is 2. The summed E-state index contributed by atoms with van der Waals surface area (Å²) in [6.45, 7) is 8.66. The molecule has 0 spiro atoms. The Morgan fingerprint density at radius 3 is 2.39 bits per heavy atom. The van der Waals surface area contributed by atoms with Crippen LogP contribution in [-0.2, 0) is 4.74 Å². The lowest BCUT2D eigenvalue weighted by atomic mass is 9.99. The van der Waals surface area contributed by atoms with Gasteiger partial charge in [0.1, 0.15) is 5.75 Å². The lowest BCUT2D eigenvalue weighted by Gasteiger charge is -2.21. The lowest BCUT2D eigenvalue weighted by Crippen LogP contribution is -2.32. The van der Waals surface area contributed by atoms with Gasteiger partial charge in [-0.3, -0.25) is 11.3 Å². The quantitative estimate of drug-likeness (QED) is 0.602. The summed E-state index contributed by atoms with van der Waals surface area (Å²) >= 11 is 0. The Bertz CT molecular complexity index is 392. The van der Waals surface area contributed by atoms with E-state index in [-0.39, 0.29) is 12.1 Å². The van der Waals surface area contributed by atoms with E-state index in [9.17, 15) is 0 Å². The number of benzene rings is 1. The van der Waals surface area contributed by atoms with E-state index in [0.717, 1.165) is 22.4 Å². The van der Waals surface area contributed by atoms with Gasteiger partial charge in [0, 0.05) is 0 Å². The molecule has 0 aliphatic rings. The molecule has 0 saturated carbocycles. The van der Waals surface area contributed by atoms with Crippen molar-refractivity contribution in [2.75, 3.05) is 13.7 Å². The summed E-state index contributed by atoms with van der Waals surface area (Å²) in [5.41, 5.74) is 6.21. The molecule has 0 heterocycles. The predicted octanol–water partition coefficient (Wildman–Crippen LogP) is 2.24. The fraction of sp³-hybridized carbons (Fsp3) is 0.571. The van der Waals surface area contributed by atoms with E-state index in [1.807, 2.05) is 26.8 Å². The van der Waals surface area contributed by atoms with Gasteiger partial charge in [0.15, 0.2) is 0 Å². The van der Waals surface area contributed by atoms with E-state index in [1.165, 1.54) is 0 Å². The summed E-state index contributed by atoms with van der Waals surface area (Å²) in [5, 5.41) is 0. The number of nitrogens with two attached hydrogens (primary N) is 1. The minimum absolute atomic E-state index is 0.00277. The number of hydrazine groups is 1. The zero-order chi connectivity index (χ0) is 13.7. The third kappa shape index (κ3) is 3.70. The van der Waals surface area contributed by atoms with E-state index in [0.29, 0.717) is 6.61 Å². The third-order valence-corrected chi connectivity index (χ3v) is 2.96. The van der Waals surface area contributed by atoms with Crippen molar-refractivity contribution in [3.63, 3.8) is 0 Å². The van der Waals surface area contributed by atoms with Crippen LogP contribution < -0.4 is 16.0 Å². The van der Waals surface area contributed by atoms with Crippen LogP contribution in [0.25, 0.3) is 0 Å². The van der Waals surface area contributed by atoms with Crippen LogP contribution in [0.4, 0.5) is 0 Å². The van der Waals surface area contributed by atoms with Crippen LogP contribution in [0, 0.1) is 13.8 Å². The highest BCUT2D eigenvalue weighted by Gasteiger charge is 2.15. The van der Waals surface area contributed by atoms with Gasteiger partial charge in [-0.25, -0.2) is 0 Å². The van der Waals surface area contributed by atoms with E-state index in [1.54, 1.807) is 7.11 Å². The number of hydrogen-bond acceptors (Lipinski definition) is 4. The molecule has 1 unspecified atom stereocenters. The van der Waals surface area contributed by atoms with Gasteiger partial charge in [0.25, 0.3) is 0 Å². The molecule has 3 N–H and O–H groups in total. The smallest absolute Gasteiger partial charge is 0.122 e. The number of ether oxygens (including phenoxy) is 2. The molecule has 0 aromatic heterocycles.